The molecule has 39 heavy (non-hydrogen) atoms. The number of alkyl halides is 4. The number of para-hydroxylation sites is 2. The first-order valence-corrected chi connectivity index (χ1v) is 12.6. The highest BCUT2D eigenvalue weighted by atomic mass is 19.3. The topological polar surface area (TPSA) is 79.1 Å². The van der Waals surface area contributed by atoms with Crippen molar-refractivity contribution in [2.75, 3.05) is 23.3 Å². The van der Waals surface area contributed by atoms with E-state index >= 15 is 0 Å². The monoisotopic (exact) mass is 540 g/mol. The summed E-state index contributed by atoms with van der Waals surface area (Å²) < 4.78 is 62.3. The summed E-state index contributed by atoms with van der Waals surface area (Å²) in [5, 5.41) is 11.2. The molecule has 204 valence electrons. The van der Waals surface area contributed by atoms with Crippen molar-refractivity contribution in [3.05, 3.63) is 71.9 Å². The lowest BCUT2D eigenvalue weighted by Gasteiger charge is -2.33. The van der Waals surface area contributed by atoms with Crippen LogP contribution in [0.5, 0.6) is 5.75 Å². The fourth-order valence-corrected chi connectivity index (χ4v) is 4.72. The number of hydrogen-bond donors (Lipinski definition) is 2. The van der Waals surface area contributed by atoms with Crippen LogP contribution in [0.25, 0.3) is 11.0 Å². The molecule has 1 aliphatic rings. The first-order valence-electron chi connectivity index (χ1n) is 12.6. The lowest BCUT2D eigenvalue weighted by molar-refractivity contribution is 0.0175. The highest BCUT2D eigenvalue weighted by Gasteiger charge is 2.28. The van der Waals surface area contributed by atoms with Crippen LogP contribution < -0.4 is 15.0 Å². The molecule has 0 spiro atoms. The number of fused-ring (bicyclic) bond motifs is 1. The molecule has 0 saturated carbocycles. The van der Waals surface area contributed by atoms with Crippen LogP contribution in [0.2, 0.25) is 0 Å². The minimum atomic E-state index is -2.98. The molecule has 0 radical (unpaired) electrons. The quantitative estimate of drug-likeness (QED) is 0.184. The van der Waals surface area contributed by atoms with Crippen LogP contribution in [0.3, 0.4) is 0 Å². The van der Waals surface area contributed by atoms with Gasteiger partial charge in [-0.25, -0.2) is 18.7 Å². The van der Waals surface area contributed by atoms with E-state index in [0.717, 1.165) is 11.5 Å². The van der Waals surface area contributed by atoms with E-state index in [1.165, 1.54) is 24.4 Å². The van der Waals surface area contributed by atoms with Crippen molar-refractivity contribution in [3.63, 3.8) is 0 Å². The Balaban J connectivity index is 1.28. The molecule has 4 aromatic rings. The average molecular weight is 541 g/mol. The largest absolute Gasteiger partial charge is 0.489 e. The van der Waals surface area contributed by atoms with Gasteiger partial charge < -0.3 is 20.4 Å². The molecular formula is C28H28F4N6O. The van der Waals surface area contributed by atoms with Crippen molar-refractivity contribution in [2.45, 2.75) is 45.3 Å². The van der Waals surface area contributed by atoms with Crippen molar-refractivity contribution < 1.29 is 22.3 Å². The molecule has 0 atom stereocenters. The number of pyridine rings is 1. The van der Waals surface area contributed by atoms with E-state index in [0.29, 0.717) is 59.8 Å². The summed E-state index contributed by atoms with van der Waals surface area (Å²) in [4.78, 5) is 10.7. The van der Waals surface area contributed by atoms with Crippen molar-refractivity contribution in [3.8, 4) is 5.75 Å². The molecule has 0 aliphatic carbocycles. The maximum atomic E-state index is 13.9. The maximum Gasteiger partial charge on any atom is 0.321 e. The molecule has 5 rings (SSSR count). The summed E-state index contributed by atoms with van der Waals surface area (Å²) in [6.45, 7) is 0.716. The normalized spacial score (nSPS) is 14.7. The van der Waals surface area contributed by atoms with Crippen molar-refractivity contribution in [1.82, 2.24) is 14.5 Å². The van der Waals surface area contributed by atoms with Gasteiger partial charge in [-0.3, -0.25) is 4.57 Å². The Labute approximate surface area is 223 Å². The summed E-state index contributed by atoms with van der Waals surface area (Å²) >= 11 is 0. The van der Waals surface area contributed by atoms with E-state index in [1.54, 1.807) is 43.3 Å². The zero-order valence-corrected chi connectivity index (χ0v) is 21.5. The van der Waals surface area contributed by atoms with E-state index in [-0.39, 0.29) is 23.3 Å². The minimum Gasteiger partial charge on any atom is -0.489 e. The van der Waals surface area contributed by atoms with Gasteiger partial charge in [0, 0.05) is 55.4 Å². The number of hydrogen-bond acceptors (Lipinski definition) is 6. The molecule has 3 heterocycles. The number of nitrogens with one attached hydrogen (secondary N) is 2. The summed E-state index contributed by atoms with van der Waals surface area (Å²) in [7, 11) is 0. The molecule has 1 saturated heterocycles. The van der Waals surface area contributed by atoms with E-state index in [1.807, 2.05) is 4.90 Å². The number of anilines is 3. The summed E-state index contributed by atoms with van der Waals surface area (Å²) in [6.07, 6.45) is 2.52. The van der Waals surface area contributed by atoms with Crippen LogP contribution in [0.4, 0.5) is 35.0 Å². The van der Waals surface area contributed by atoms with Gasteiger partial charge in [-0.05, 0) is 37.3 Å². The van der Waals surface area contributed by atoms with Gasteiger partial charge in [0.1, 0.15) is 17.7 Å². The second-order valence-corrected chi connectivity index (χ2v) is 9.64. The molecular weight excluding hydrogens is 512 g/mol. The second kappa shape index (κ2) is 10.5. The first-order chi connectivity index (χ1) is 18.6. The summed E-state index contributed by atoms with van der Waals surface area (Å²) in [6, 6.07) is 14.4. The number of piperidine rings is 1. The van der Waals surface area contributed by atoms with Gasteiger partial charge >= 0.3 is 6.55 Å². The third-order valence-electron chi connectivity index (χ3n) is 6.70. The number of rotatable bonds is 8. The Morgan fingerprint density at radius 2 is 1.85 bits per heavy atom. The highest BCUT2D eigenvalue weighted by Crippen LogP contribution is 2.32. The second-order valence-electron chi connectivity index (χ2n) is 9.64. The lowest BCUT2D eigenvalue weighted by atomic mass is 10.1. The Kier molecular flexibility index (Phi) is 7.16. The minimum absolute atomic E-state index is 0.129. The Morgan fingerprint density at radius 3 is 2.54 bits per heavy atom. The smallest absolute Gasteiger partial charge is 0.321 e. The number of ether oxygens (including phenoxy) is 1. The predicted octanol–water partition coefficient (Wildman–Crippen LogP) is 7.12. The van der Waals surface area contributed by atoms with Crippen LogP contribution in [0.15, 0.2) is 60.8 Å². The van der Waals surface area contributed by atoms with Crippen molar-refractivity contribution in [1.29, 1.82) is 5.41 Å². The number of aromatic nitrogens is 3. The first kappa shape index (κ1) is 26.5. The van der Waals surface area contributed by atoms with Crippen molar-refractivity contribution >= 4 is 34.2 Å². The van der Waals surface area contributed by atoms with Gasteiger partial charge in [0.15, 0.2) is 0 Å². The molecule has 1 aliphatic heterocycles. The van der Waals surface area contributed by atoms with Gasteiger partial charge in [0.05, 0.1) is 17.2 Å². The van der Waals surface area contributed by atoms with Crippen LogP contribution in [0.1, 0.15) is 44.4 Å². The molecule has 0 amide bonds. The Morgan fingerprint density at radius 1 is 1.10 bits per heavy atom. The van der Waals surface area contributed by atoms with Crippen LogP contribution in [-0.2, 0) is 5.92 Å². The molecule has 1 fully saturated rings. The van der Waals surface area contributed by atoms with E-state index in [2.05, 4.69) is 15.3 Å². The Bertz CT molecular complexity index is 1490. The fourth-order valence-electron chi connectivity index (χ4n) is 4.72. The standard InChI is InChI=1S/C28H28F4N6O/c1-17(33)22-15-21(16-34-25(22)35-19-7-5-6-18(14-19)28(2,31)32)39-20-10-12-37(13-11-20)27-36-23-8-3-4-9-24(23)38(27)26(29)30/h3-9,14-16,20,26,33H,10-13H2,1-2H3,(H,34,35). The lowest BCUT2D eigenvalue weighted by Crippen LogP contribution is -2.39. The molecule has 11 heteroatoms. The maximum absolute atomic E-state index is 13.9. The van der Waals surface area contributed by atoms with E-state index in [4.69, 9.17) is 10.1 Å². The summed E-state index contributed by atoms with van der Waals surface area (Å²) in [5.41, 5.74) is 1.93. The third-order valence-corrected chi connectivity index (χ3v) is 6.70. The van der Waals surface area contributed by atoms with Gasteiger partial charge in [0.2, 0.25) is 5.95 Å². The average Bonchev–Trinajstić information content (AvgIpc) is 3.29. The van der Waals surface area contributed by atoms with Crippen molar-refractivity contribution in [2.24, 2.45) is 0 Å². The summed E-state index contributed by atoms with van der Waals surface area (Å²) in [5.74, 6) is -1.92. The SMILES string of the molecule is CC(=N)c1cc(OC2CCN(c3nc4ccccc4n3C(F)F)CC2)cnc1Nc1cccc(C(C)(F)F)c1. The molecule has 2 N–H and O–H groups in total. The zero-order chi connectivity index (χ0) is 27.7. The number of nitrogens with zero attached hydrogens (tertiary/aromatic N) is 4. The van der Waals surface area contributed by atoms with Crippen LogP contribution in [-0.4, -0.2) is 39.4 Å². The highest BCUT2D eigenvalue weighted by molar-refractivity contribution is 6.01. The molecule has 0 bridgehead atoms. The number of imidazole rings is 1. The van der Waals surface area contributed by atoms with Crippen LogP contribution in [0, 0.1) is 5.41 Å². The fraction of sp³-hybridized carbons (Fsp3) is 0.321. The molecule has 7 nitrogen and oxygen atoms in total. The van der Waals surface area contributed by atoms with Gasteiger partial charge in [-0.15, -0.1) is 0 Å². The number of benzene rings is 2. The number of halogens is 4. The van der Waals surface area contributed by atoms with Crippen LogP contribution >= 0.6 is 0 Å². The Hall–Kier alpha value is -4.15. The van der Waals surface area contributed by atoms with Gasteiger partial charge in [0.25, 0.3) is 5.92 Å². The van der Waals surface area contributed by atoms with Gasteiger partial charge in [-0.2, -0.15) is 8.78 Å². The van der Waals surface area contributed by atoms with Gasteiger partial charge in [-0.1, -0.05) is 24.3 Å². The molecule has 2 aromatic heterocycles. The van der Waals surface area contributed by atoms with E-state index in [9.17, 15) is 17.6 Å². The zero-order valence-electron chi connectivity index (χ0n) is 21.5. The molecule has 2 aromatic carbocycles. The van der Waals surface area contributed by atoms with E-state index < -0.39 is 12.5 Å². The molecule has 0 unspecified atom stereocenters. The predicted molar refractivity (Wildman–Crippen MR) is 143 cm³/mol. The third kappa shape index (κ3) is 5.67.